The van der Waals surface area contributed by atoms with Crippen LogP contribution in [0.15, 0.2) is 243 Å². The van der Waals surface area contributed by atoms with Crippen LogP contribution in [-0.4, -0.2) is 9.97 Å². The van der Waals surface area contributed by atoms with Gasteiger partial charge >= 0.3 is 0 Å². The molecule has 2 aromatic heterocycles. The van der Waals surface area contributed by atoms with Crippen LogP contribution in [0, 0.1) is 0 Å². The second-order valence-corrected chi connectivity index (χ2v) is 15.7. The molecule has 0 saturated heterocycles. The normalized spacial score (nSPS) is 11.2. The molecule has 0 amide bonds. The maximum Gasteiger partial charge on any atom is 0.0722 e. The minimum absolute atomic E-state index is 0.930. The largest absolute Gasteiger partial charge is 0.248 e. The van der Waals surface area contributed by atoms with Crippen molar-refractivity contribution < 1.29 is 0 Å². The van der Waals surface area contributed by atoms with Crippen molar-refractivity contribution in [1.29, 1.82) is 0 Å². The number of rotatable bonds is 8. The van der Waals surface area contributed by atoms with Gasteiger partial charge in [-0.25, -0.2) is 9.97 Å². The summed E-state index contributed by atoms with van der Waals surface area (Å²) in [6, 6.07) is 86.5. The molecule has 0 N–H and O–H groups in total. The van der Waals surface area contributed by atoms with Gasteiger partial charge in [0.05, 0.1) is 22.6 Å². The van der Waals surface area contributed by atoms with Crippen molar-refractivity contribution >= 4 is 21.7 Å². The van der Waals surface area contributed by atoms with Crippen LogP contribution >= 0.6 is 0 Å². The highest BCUT2D eigenvalue weighted by atomic mass is 14.7. The zero-order valence-corrected chi connectivity index (χ0v) is 34.0. The van der Waals surface area contributed by atoms with Crippen molar-refractivity contribution in [1.82, 2.24) is 9.97 Å². The van der Waals surface area contributed by atoms with Crippen LogP contribution in [0.2, 0.25) is 0 Å². The van der Waals surface area contributed by atoms with Crippen molar-refractivity contribution in [2.45, 2.75) is 0 Å². The lowest BCUT2D eigenvalue weighted by Crippen LogP contribution is -1.93. The summed E-state index contributed by atoms with van der Waals surface area (Å²) < 4.78 is 0. The maximum atomic E-state index is 5.34. The van der Waals surface area contributed by atoms with Crippen molar-refractivity contribution in [3.63, 3.8) is 0 Å². The Labute approximate surface area is 362 Å². The zero-order valence-electron chi connectivity index (χ0n) is 34.0. The van der Waals surface area contributed by atoms with Gasteiger partial charge in [-0.3, -0.25) is 0 Å². The van der Waals surface area contributed by atoms with Crippen LogP contribution < -0.4 is 0 Å². The molecule has 0 aliphatic heterocycles. The topological polar surface area (TPSA) is 25.8 Å². The fourth-order valence-electron chi connectivity index (χ4n) is 8.76. The monoisotopic (exact) mass is 788 g/mol. The number of fused-ring (bicyclic) bond motifs is 3. The first-order valence-corrected chi connectivity index (χ1v) is 21.1. The van der Waals surface area contributed by atoms with Gasteiger partial charge in [-0.15, -0.1) is 0 Å². The average Bonchev–Trinajstić information content (AvgIpc) is 3.37. The zero-order chi connectivity index (χ0) is 41.2. The van der Waals surface area contributed by atoms with Gasteiger partial charge in [0.25, 0.3) is 0 Å². The predicted molar refractivity (Wildman–Crippen MR) is 261 cm³/mol. The van der Waals surface area contributed by atoms with Crippen molar-refractivity contribution in [3.05, 3.63) is 243 Å². The Morgan fingerprint density at radius 3 is 1.19 bits per heavy atom. The molecule has 0 radical (unpaired) electrons. The standard InChI is InChI=1S/C60H40N2/c1-6-17-41(18-7-1)48-35-49(42-19-8-2-9-20-42)37-51(36-48)58-39-50(38-57(62-58)46-23-12-4-13-24-46)43-29-31-45(32-30-43)52-27-16-28-54-53(52)33-34-56-60(54)55(44-21-10-3-11-22-44)40-59(61-56)47-25-14-5-15-26-47/h1-40H. The van der Waals surface area contributed by atoms with Gasteiger partial charge in [-0.05, 0) is 109 Å². The fourth-order valence-corrected chi connectivity index (χ4v) is 8.76. The molecule has 0 aliphatic rings. The summed E-state index contributed by atoms with van der Waals surface area (Å²) in [6.07, 6.45) is 0. The average molecular weight is 789 g/mol. The van der Waals surface area contributed by atoms with E-state index in [-0.39, 0.29) is 0 Å². The van der Waals surface area contributed by atoms with E-state index in [9.17, 15) is 0 Å². The molecule has 0 bridgehead atoms. The van der Waals surface area contributed by atoms with Gasteiger partial charge in [0.2, 0.25) is 0 Å². The van der Waals surface area contributed by atoms with Gasteiger partial charge in [-0.1, -0.05) is 200 Å². The highest BCUT2D eigenvalue weighted by Gasteiger charge is 2.16. The molecule has 0 atom stereocenters. The molecule has 2 heterocycles. The lowest BCUT2D eigenvalue weighted by Gasteiger charge is -2.15. The number of benzene rings is 9. The van der Waals surface area contributed by atoms with Crippen LogP contribution in [0.1, 0.15) is 0 Å². The number of hydrogen-bond acceptors (Lipinski definition) is 2. The number of nitrogens with zero attached hydrogens (tertiary/aromatic N) is 2. The van der Waals surface area contributed by atoms with E-state index in [1.165, 1.54) is 38.6 Å². The molecule has 2 heteroatoms. The summed E-state index contributed by atoms with van der Waals surface area (Å²) in [6.45, 7) is 0. The Hall–Kier alpha value is -8.20. The van der Waals surface area contributed by atoms with Crippen LogP contribution in [0.4, 0.5) is 0 Å². The third-order valence-corrected chi connectivity index (χ3v) is 11.9. The third kappa shape index (κ3) is 7.14. The van der Waals surface area contributed by atoms with Crippen LogP contribution in [-0.2, 0) is 0 Å². The molecule has 62 heavy (non-hydrogen) atoms. The molecule has 0 aliphatic carbocycles. The lowest BCUT2D eigenvalue weighted by atomic mass is 9.91. The maximum absolute atomic E-state index is 5.34. The molecule has 11 rings (SSSR count). The van der Waals surface area contributed by atoms with E-state index < -0.39 is 0 Å². The van der Waals surface area contributed by atoms with Gasteiger partial charge in [0.15, 0.2) is 0 Å². The van der Waals surface area contributed by atoms with Crippen LogP contribution in [0.25, 0.3) is 111 Å². The van der Waals surface area contributed by atoms with E-state index in [1.807, 2.05) is 6.07 Å². The summed E-state index contributed by atoms with van der Waals surface area (Å²) in [5, 5.41) is 3.55. The molecular weight excluding hydrogens is 749 g/mol. The van der Waals surface area contributed by atoms with E-state index in [2.05, 4.69) is 237 Å². The van der Waals surface area contributed by atoms with Crippen molar-refractivity contribution in [2.24, 2.45) is 0 Å². The first-order chi connectivity index (χ1) is 30.7. The summed E-state index contributed by atoms with van der Waals surface area (Å²) in [4.78, 5) is 10.6. The second kappa shape index (κ2) is 16.1. The van der Waals surface area contributed by atoms with Crippen LogP contribution in [0.5, 0.6) is 0 Å². The minimum atomic E-state index is 0.930. The van der Waals surface area contributed by atoms with Crippen molar-refractivity contribution in [3.8, 4) is 89.4 Å². The molecule has 0 fully saturated rings. The Kier molecular flexibility index (Phi) is 9.57. The molecule has 0 spiro atoms. The van der Waals surface area contributed by atoms with E-state index in [0.29, 0.717) is 0 Å². The van der Waals surface area contributed by atoms with E-state index in [0.717, 1.165) is 72.5 Å². The van der Waals surface area contributed by atoms with Crippen molar-refractivity contribution in [2.75, 3.05) is 0 Å². The van der Waals surface area contributed by atoms with E-state index in [4.69, 9.17) is 9.97 Å². The Morgan fingerprint density at radius 2 is 0.629 bits per heavy atom. The lowest BCUT2D eigenvalue weighted by molar-refractivity contribution is 1.32. The van der Waals surface area contributed by atoms with Gasteiger partial charge in [0.1, 0.15) is 0 Å². The third-order valence-electron chi connectivity index (χ3n) is 11.9. The van der Waals surface area contributed by atoms with Gasteiger partial charge < -0.3 is 0 Å². The summed E-state index contributed by atoms with van der Waals surface area (Å²) in [5.74, 6) is 0. The summed E-state index contributed by atoms with van der Waals surface area (Å²) in [7, 11) is 0. The molecule has 0 unspecified atom stereocenters. The number of hydrogen-bond donors (Lipinski definition) is 0. The highest BCUT2D eigenvalue weighted by Crippen LogP contribution is 2.41. The fraction of sp³-hybridized carbons (Fsp3) is 0. The van der Waals surface area contributed by atoms with E-state index in [1.54, 1.807) is 0 Å². The number of pyridine rings is 2. The Balaban J connectivity index is 1.03. The highest BCUT2D eigenvalue weighted by molar-refractivity contribution is 6.17. The first-order valence-electron chi connectivity index (χ1n) is 21.1. The summed E-state index contributed by atoms with van der Waals surface area (Å²) in [5.41, 5.74) is 18.7. The molecule has 11 aromatic rings. The van der Waals surface area contributed by atoms with E-state index >= 15 is 0 Å². The second-order valence-electron chi connectivity index (χ2n) is 15.7. The first kappa shape index (κ1) is 36.8. The SMILES string of the molecule is c1ccc(-c2cc(-c3ccccc3)cc(-c3cc(-c4ccc(-c5cccc6c5ccc5nc(-c7ccccc7)cc(-c7ccccc7)c56)cc4)cc(-c4ccccc4)n3)c2)cc1. The molecule has 9 aromatic carbocycles. The predicted octanol–water partition coefficient (Wildman–Crippen LogP) is 16.1. The Morgan fingerprint density at radius 1 is 0.210 bits per heavy atom. The van der Waals surface area contributed by atoms with Gasteiger partial charge in [0, 0.05) is 22.1 Å². The van der Waals surface area contributed by atoms with Crippen LogP contribution in [0.3, 0.4) is 0 Å². The quantitative estimate of drug-likeness (QED) is 0.143. The number of aromatic nitrogens is 2. The molecule has 290 valence electrons. The molecule has 2 nitrogen and oxygen atoms in total. The Bertz CT molecular complexity index is 3290. The smallest absolute Gasteiger partial charge is 0.0722 e. The minimum Gasteiger partial charge on any atom is -0.248 e. The summed E-state index contributed by atoms with van der Waals surface area (Å²) >= 11 is 0. The van der Waals surface area contributed by atoms with Gasteiger partial charge in [-0.2, -0.15) is 0 Å². The molecular formula is C60H40N2. The molecule has 0 saturated carbocycles.